The Kier molecular flexibility index (Phi) is 53.6. The smallest absolute Gasteiger partial charge is 0.292 e. The molecule has 0 aromatic rings. The number of rotatable bonds is 1. The average molecular weight is 184 g/mol. The number of hydrogen-bond donors (Lipinski definition) is 1. The van der Waals surface area contributed by atoms with Gasteiger partial charge in [0.2, 0.25) is 0 Å². The average Bonchev–Trinajstić information content (AvgIpc) is 1.37. The van der Waals surface area contributed by atoms with Crippen LogP contribution in [0, 0.1) is 0 Å². The van der Waals surface area contributed by atoms with Crippen LogP contribution in [-0.4, -0.2) is 13.6 Å². The Morgan fingerprint density at radius 3 is 1.83 bits per heavy atom. The molecule has 0 saturated carbocycles. The Balaban J connectivity index is -0.0000000450. The van der Waals surface area contributed by atoms with Crippen LogP contribution in [0.25, 0.3) is 0 Å². The first-order valence-corrected chi connectivity index (χ1v) is 0.880. The molecule has 0 bridgehead atoms. The first kappa shape index (κ1) is 16.5. The molecule has 0 heterocycles. The molecule has 0 unspecified atom stereocenters. The summed E-state index contributed by atoms with van der Waals surface area (Å²) < 4.78 is 3.86. The second-order valence-electron chi connectivity index (χ2n) is 0.332. The summed E-state index contributed by atoms with van der Waals surface area (Å²) in [5, 5.41) is 0. The van der Waals surface area contributed by atoms with Crippen LogP contribution in [0.1, 0.15) is 0 Å². The summed E-state index contributed by atoms with van der Waals surface area (Å²) in [7, 11) is 1.31. The summed E-state index contributed by atoms with van der Waals surface area (Å²) in [6.45, 7) is 0.375. The molecule has 0 amide bonds. The van der Waals surface area contributed by atoms with Crippen LogP contribution in [0.3, 0.4) is 0 Å². The van der Waals surface area contributed by atoms with Crippen LogP contribution in [0.4, 0.5) is 0 Å². The van der Waals surface area contributed by atoms with E-state index in [1.165, 1.54) is 7.11 Å². The van der Waals surface area contributed by atoms with Crippen molar-refractivity contribution in [3.05, 3.63) is 0 Å². The Bertz CT molecular complexity index is 25.5. The molecule has 3 N–H and O–H groups in total. The Morgan fingerprint density at radius 1 is 1.67 bits per heavy atom. The Hall–Kier alpha value is 0.0923. The minimum Gasteiger partial charge on any atom is -0.471 e. The molecule has 0 aliphatic carbocycles. The van der Waals surface area contributed by atoms with Gasteiger partial charge in [-0.05, 0) is 0 Å². The zero-order valence-corrected chi connectivity index (χ0v) is 4.97. The minimum absolute atomic E-state index is 0. The molecule has 6 heavy (non-hydrogen) atoms. The Labute approximate surface area is 50.3 Å². The fourth-order valence-electron chi connectivity index (χ4n) is 0. The van der Waals surface area contributed by atoms with Crippen molar-refractivity contribution in [1.82, 2.24) is 6.15 Å². The van der Waals surface area contributed by atoms with Crippen LogP contribution in [0.2, 0.25) is 0 Å². The van der Waals surface area contributed by atoms with Gasteiger partial charge in [-0.3, -0.25) is 4.79 Å². The molecule has 3 nitrogen and oxygen atoms in total. The van der Waals surface area contributed by atoms with Gasteiger partial charge in [-0.2, -0.15) is 0 Å². The maximum absolute atomic E-state index is 8.95. The summed E-state index contributed by atoms with van der Waals surface area (Å²) in [5.74, 6) is 0. The van der Waals surface area contributed by atoms with E-state index in [4.69, 9.17) is 4.79 Å². The van der Waals surface area contributed by atoms with Crippen LogP contribution < -0.4 is 6.15 Å². The molecule has 0 fully saturated rings. The fraction of sp³-hybridized carbons (Fsp3) is 0.500. The van der Waals surface area contributed by atoms with E-state index in [-0.39, 0.29) is 26.6 Å². The molecule has 42 valence electrons. The Morgan fingerprint density at radius 2 is 1.83 bits per heavy atom. The van der Waals surface area contributed by atoms with Gasteiger partial charge >= 0.3 is 0 Å². The molecular formula is C2H7NO2Pd. The van der Waals surface area contributed by atoms with E-state index in [2.05, 4.69) is 4.74 Å². The number of carbonyl (C=O) groups excluding carboxylic acids is 1. The summed E-state index contributed by atoms with van der Waals surface area (Å²) in [6, 6.07) is 0. The van der Waals surface area contributed by atoms with E-state index in [9.17, 15) is 0 Å². The first-order chi connectivity index (χ1) is 1.91. The number of hydrogen-bond acceptors (Lipinski definition) is 3. The van der Waals surface area contributed by atoms with Gasteiger partial charge in [-0.1, -0.05) is 0 Å². The maximum atomic E-state index is 8.95. The summed E-state index contributed by atoms with van der Waals surface area (Å²) in [6.07, 6.45) is 0. The van der Waals surface area contributed by atoms with Crippen LogP contribution in [-0.2, 0) is 30.0 Å². The van der Waals surface area contributed by atoms with Crippen LogP contribution >= 0.6 is 0 Å². The predicted octanol–water partition coefficient (Wildman–Crippen LogP) is -0.0513. The minimum atomic E-state index is 0. The van der Waals surface area contributed by atoms with Crippen molar-refractivity contribution < 1.29 is 30.0 Å². The van der Waals surface area contributed by atoms with E-state index in [0.29, 0.717) is 6.47 Å². The maximum Gasteiger partial charge on any atom is 0.292 e. The standard InChI is InChI=1S/C2H4O2.H3N.Pd/c1-4-2-3;;/h2H,1H3;1H3;. The molecule has 0 atom stereocenters. The molecule has 0 aliphatic rings. The van der Waals surface area contributed by atoms with Gasteiger partial charge in [0.05, 0.1) is 7.11 Å². The predicted molar refractivity (Wildman–Crippen MR) is 18.1 cm³/mol. The molecule has 0 radical (unpaired) electrons. The molecule has 0 spiro atoms. The second-order valence-corrected chi connectivity index (χ2v) is 0.332. The normalized spacial score (nSPS) is 3.50. The van der Waals surface area contributed by atoms with Crippen molar-refractivity contribution in [3.63, 3.8) is 0 Å². The second kappa shape index (κ2) is 19.5. The quantitative estimate of drug-likeness (QED) is 0.458. The van der Waals surface area contributed by atoms with Gasteiger partial charge in [-0.25, -0.2) is 0 Å². The number of ether oxygens (including phenoxy) is 1. The van der Waals surface area contributed by atoms with Crippen molar-refractivity contribution in [2.45, 2.75) is 0 Å². The van der Waals surface area contributed by atoms with Gasteiger partial charge in [0.25, 0.3) is 6.47 Å². The molecule has 0 aromatic carbocycles. The van der Waals surface area contributed by atoms with Gasteiger partial charge in [-0.15, -0.1) is 0 Å². The SMILES string of the molecule is COC=O.N.[Pd]. The summed E-state index contributed by atoms with van der Waals surface area (Å²) in [4.78, 5) is 8.95. The van der Waals surface area contributed by atoms with Gasteiger partial charge in [0.15, 0.2) is 0 Å². The molecule has 0 aromatic heterocycles. The van der Waals surface area contributed by atoms with E-state index >= 15 is 0 Å². The fourth-order valence-corrected chi connectivity index (χ4v) is 0. The van der Waals surface area contributed by atoms with Crippen LogP contribution in [0.5, 0.6) is 0 Å². The first-order valence-electron chi connectivity index (χ1n) is 0.880. The van der Waals surface area contributed by atoms with Crippen molar-refractivity contribution in [3.8, 4) is 0 Å². The van der Waals surface area contributed by atoms with Gasteiger partial charge in [0, 0.05) is 20.4 Å². The number of carbonyl (C=O) groups is 1. The summed E-state index contributed by atoms with van der Waals surface area (Å²) >= 11 is 0. The molecular weight excluding hydrogens is 176 g/mol. The molecule has 0 rings (SSSR count). The number of methoxy groups -OCH3 is 1. The zero-order chi connectivity index (χ0) is 3.41. The van der Waals surface area contributed by atoms with Crippen molar-refractivity contribution >= 4 is 6.47 Å². The molecule has 4 heteroatoms. The molecule has 0 saturated heterocycles. The zero-order valence-electron chi connectivity index (χ0n) is 3.42. The van der Waals surface area contributed by atoms with Crippen molar-refractivity contribution in [2.75, 3.05) is 7.11 Å². The molecule has 0 aliphatic heterocycles. The van der Waals surface area contributed by atoms with Crippen molar-refractivity contribution in [1.29, 1.82) is 0 Å². The third-order valence-corrected chi connectivity index (χ3v) is 0.0962. The van der Waals surface area contributed by atoms with Gasteiger partial charge < -0.3 is 10.9 Å². The van der Waals surface area contributed by atoms with E-state index in [0.717, 1.165) is 0 Å². The monoisotopic (exact) mass is 183 g/mol. The van der Waals surface area contributed by atoms with E-state index < -0.39 is 0 Å². The van der Waals surface area contributed by atoms with E-state index in [1.54, 1.807) is 0 Å². The van der Waals surface area contributed by atoms with Gasteiger partial charge in [0.1, 0.15) is 0 Å². The van der Waals surface area contributed by atoms with E-state index in [1.807, 2.05) is 0 Å². The summed E-state index contributed by atoms with van der Waals surface area (Å²) in [5.41, 5.74) is 0. The third-order valence-electron chi connectivity index (χ3n) is 0.0962. The largest absolute Gasteiger partial charge is 0.471 e. The third kappa shape index (κ3) is 32.8. The van der Waals surface area contributed by atoms with Crippen LogP contribution in [0.15, 0.2) is 0 Å². The topological polar surface area (TPSA) is 61.3 Å². The van der Waals surface area contributed by atoms with Crippen molar-refractivity contribution in [2.24, 2.45) is 0 Å².